The maximum absolute atomic E-state index is 11.4. The first-order valence-electron chi connectivity index (χ1n) is 7.57. The summed E-state index contributed by atoms with van der Waals surface area (Å²) in [4.78, 5) is 13.2. The van der Waals surface area contributed by atoms with Crippen LogP contribution >= 0.6 is 11.6 Å². The van der Waals surface area contributed by atoms with E-state index in [1.807, 2.05) is 6.07 Å². The Bertz CT molecular complexity index is 528. The highest BCUT2D eigenvalue weighted by Gasteiger charge is 2.35. The number of nitrogens with zero attached hydrogens (tertiary/aromatic N) is 2. The molecule has 1 aromatic rings. The zero-order valence-electron chi connectivity index (χ0n) is 11.9. The molecule has 114 valence electrons. The van der Waals surface area contributed by atoms with Gasteiger partial charge in [-0.25, -0.2) is 0 Å². The van der Waals surface area contributed by atoms with Gasteiger partial charge in [-0.2, -0.15) is 0 Å². The molecule has 2 fully saturated rings. The lowest BCUT2D eigenvalue weighted by Gasteiger charge is -2.31. The second kappa shape index (κ2) is 6.20. The van der Waals surface area contributed by atoms with Crippen LogP contribution in [0.4, 0.5) is 11.4 Å². The molecule has 1 aliphatic carbocycles. The number of benzene rings is 1. The summed E-state index contributed by atoms with van der Waals surface area (Å²) in [5, 5.41) is 15.0. The molecule has 0 amide bonds. The molecule has 1 saturated carbocycles. The largest absolute Gasteiger partial charge is 0.363 e. The molecular formula is C15H20ClN3O2. The maximum atomic E-state index is 11.4. The summed E-state index contributed by atoms with van der Waals surface area (Å²) in [5.41, 5.74) is 0.732. The lowest BCUT2D eigenvalue weighted by Crippen LogP contribution is -2.39. The van der Waals surface area contributed by atoms with Crippen molar-refractivity contribution in [1.82, 2.24) is 5.32 Å². The topological polar surface area (TPSA) is 58.4 Å². The fourth-order valence-electron chi connectivity index (χ4n) is 3.10. The third-order valence-corrected chi connectivity index (χ3v) is 4.60. The third kappa shape index (κ3) is 3.30. The Labute approximate surface area is 129 Å². The van der Waals surface area contributed by atoms with Crippen molar-refractivity contribution in [3.05, 3.63) is 33.3 Å². The molecule has 0 aromatic heterocycles. The van der Waals surface area contributed by atoms with E-state index in [4.69, 9.17) is 11.6 Å². The number of piperidine rings is 1. The van der Waals surface area contributed by atoms with Crippen LogP contribution in [0, 0.1) is 16.0 Å². The van der Waals surface area contributed by atoms with Crippen molar-refractivity contribution in [2.24, 2.45) is 5.92 Å². The van der Waals surface area contributed by atoms with Crippen molar-refractivity contribution < 1.29 is 4.92 Å². The highest BCUT2D eigenvalue weighted by atomic mass is 35.5. The Morgan fingerprint density at radius 3 is 2.81 bits per heavy atom. The summed E-state index contributed by atoms with van der Waals surface area (Å²) in [6.45, 7) is 2.95. The Hall–Kier alpha value is -1.33. The van der Waals surface area contributed by atoms with Gasteiger partial charge in [-0.05, 0) is 56.8 Å². The van der Waals surface area contributed by atoms with Crippen molar-refractivity contribution in [2.45, 2.75) is 31.7 Å². The molecule has 6 heteroatoms. The van der Waals surface area contributed by atoms with E-state index in [2.05, 4.69) is 10.2 Å². The summed E-state index contributed by atoms with van der Waals surface area (Å²) < 4.78 is 0. The highest BCUT2D eigenvalue weighted by molar-refractivity contribution is 6.33. The summed E-state index contributed by atoms with van der Waals surface area (Å²) in [5.74, 6) is 0.554. The predicted molar refractivity (Wildman–Crippen MR) is 84.1 cm³/mol. The van der Waals surface area contributed by atoms with Gasteiger partial charge in [-0.15, -0.1) is 0 Å². The van der Waals surface area contributed by atoms with E-state index in [9.17, 15) is 10.1 Å². The van der Waals surface area contributed by atoms with Crippen LogP contribution in [0.1, 0.15) is 25.7 Å². The van der Waals surface area contributed by atoms with Crippen molar-refractivity contribution in [1.29, 1.82) is 0 Å². The number of nitro groups is 1. The smallest absolute Gasteiger partial charge is 0.310 e. The summed E-state index contributed by atoms with van der Waals surface area (Å²) in [6.07, 6.45) is 4.60. The fraction of sp³-hybridized carbons (Fsp3) is 0.600. The minimum atomic E-state index is -0.355. The lowest BCUT2D eigenvalue weighted by molar-refractivity contribution is -0.384. The molecule has 3 rings (SSSR count). The van der Waals surface area contributed by atoms with Crippen LogP contribution in [0.2, 0.25) is 5.02 Å². The van der Waals surface area contributed by atoms with Crippen LogP contribution in [0.5, 0.6) is 0 Å². The Morgan fingerprint density at radius 2 is 2.19 bits per heavy atom. The molecule has 1 atom stereocenters. The average Bonchev–Trinajstić information content (AvgIpc) is 3.30. The number of halogens is 1. The molecule has 1 heterocycles. The number of rotatable bonds is 5. The quantitative estimate of drug-likeness (QED) is 0.670. The first kappa shape index (κ1) is 14.6. The van der Waals surface area contributed by atoms with Gasteiger partial charge >= 0.3 is 5.69 Å². The van der Waals surface area contributed by atoms with Crippen molar-refractivity contribution in [3.8, 4) is 0 Å². The van der Waals surface area contributed by atoms with E-state index < -0.39 is 0 Å². The molecule has 0 radical (unpaired) electrons. The number of anilines is 1. The molecule has 5 nitrogen and oxygen atoms in total. The number of para-hydroxylation sites is 1. The fourth-order valence-corrected chi connectivity index (χ4v) is 3.34. The van der Waals surface area contributed by atoms with Crippen LogP contribution in [0.25, 0.3) is 0 Å². The minimum absolute atomic E-state index is 0.0508. The monoisotopic (exact) mass is 309 g/mol. The van der Waals surface area contributed by atoms with E-state index >= 15 is 0 Å². The third-order valence-electron chi connectivity index (χ3n) is 4.30. The highest BCUT2D eigenvalue weighted by Crippen LogP contribution is 2.41. The molecular weight excluding hydrogens is 290 g/mol. The Kier molecular flexibility index (Phi) is 4.31. The van der Waals surface area contributed by atoms with Crippen molar-refractivity contribution >= 4 is 23.0 Å². The summed E-state index contributed by atoms with van der Waals surface area (Å²) in [6, 6.07) is 5.66. The molecule has 1 unspecified atom stereocenters. The molecule has 1 aromatic carbocycles. The number of nitrogens with one attached hydrogen (secondary N) is 1. The molecule has 1 N–H and O–H groups in total. The summed E-state index contributed by atoms with van der Waals surface area (Å²) >= 11 is 6.06. The van der Waals surface area contributed by atoms with Crippen LogP contribution in [0.3, 0.4) is 0 Å². The van der Waals surface area contributed by atoms with Gasteiger partial charge in [-0.1, -0.05) is 17.7 Å². The van der Waals surface area contributed by atoms with E-state index in [-0.39, 0.29) is 15.6 Å². The van der Waals surface area contributed by atoms with Gasteiger partial charge in [0.25, 0.3) is 0 Å². The number of nitro benzene ring substituents is 1. The van der Waals surface area contributed by atoms with Gasteiger partial charge in [0.15, 0.2) is 0 Å². The molecule has 1 saturated heterocycles. The molecule has 1 aliphatic heterocycles. The SMILES string of the molecule is O=[N+]([O-])c1c(Cl)cccc1N(CC1CCCNC1)C1CC1. The number of hydrogen-bond acceptors (Lipinski definition) is 4. The minimum Gasteiger partial charge on any atom is -0.363 e. The van der Waals surface area contributed by atoms with Gasteiger partial charge in [0.2, 0.25) is 0 Å². The summed E-state index contributed by atoms with van der Waals surface area (Å²) in [7, 11) is 0. The van der Waals surface area contributed by atoms with E-state index in [0.717, 1.165) is 32.5 Å². The second-order valence-corrected chi connectivity index (χ2v) is 6.37. The van der Waals surface area contributed by atoms with E-state index in [0.29, 0.717) is 17.6 Å². The maximum Gasteiger partial charge on any atom is 0.310 e. The van der Waals surface area contributed by atoms with Crippen molar-refractivity contribution in [2.75, 3.05) is 24.5 Å². The zero-order chi connectivity index (χ0) is 14.8. The van der Waals surface area contributed by atoms with E-state index in [1.165, 1.54) is 12.8 Å². The molecule has 2 aliphatic rings. The van der Waals surface area contributed by atoms with Crippen LogP contribution in [-0.4, -0.2) is 30.6 Å². The van der Waals surface area contributed by atoms with Gasteiger partial charge < -0.3 is 10.2 Å². The normalized spacial score (nSPS) is 22.0. The molecule has 0 spiro atoms. The van der Waals surface area contributed by atoms with Crippen LogP contribution in [-0.2, 0) is 0 Å². The average molecular weight is 310 g/mol. The number of hydrogen-bond donors (Lipinski definition) is 1. The predicted octanol–water partition coefficient (Wildman–Crippen LogP) is 3.22. The van der Waals surface area contributed by atoms with Gasteiger partial charge in [-0.3, -0.25) is 10.1 Å². The van der Waals surface area contributed by atoms with Gasteiger partial charge in [0, 0.05) is 12.6 Å². The second-order valence-electron chi connectivity index (χ2n) is 5.96. The Morgan fingerprint density at radius 1 is 1.38 bits per heavy atom. The molecule has 21 heavy (non-hydrogen) atoms. The van der Waals surface area contributed by atoms with Gasteiger partial charge in [0.05, 0.1) is 4.92 Å². The van der Waals surface area contributed by atoms with Crippen molar-refractivity contribution in [3.63, 3.8) is 0 Å². The van der Waals surface area contributed by atoms with Gasteiger partial charge in [0.1, 0.15) is 10.7 Å². The van der Waals surface area contributed by atoms with Crippen LogP contribution in [0.15, 0.2) is 18.2 Å². The standard InChI is InChI=1S/C15H20ClN3O2/c16-13-4-1-5-14(15(13)19(20)21)18(12-6-7-12)10-11-3-2-8-17-9-11/h1,4-5,11-12,17H,2-3,6-10H2. The first-order chi connectivity index (χ1) is 10.2. The first-order valence-corrected chi connectivity index (χ1v) is 7.95. The Balaban J connectivity index is 1.87. The van der Waals surface area contributed by atoms with Crippen LogP contribution < -0.4 is 10.2 Å². The lowest BCUT2D eigenvalue weighted by atomic mass is 9.98. The molecule has 0 bridgehead atoms. The van der Waals surface area contributed by atoms with E-state index in [1.54, 1.807) is 12.1 Å². The zero-order valence-corrected chi connectivity index (χ0v) is 12.7.